The van der Waals surface area contributed by atoms with Gasteiger partial charge < -0.3 is 9.47 Å². The highest BCUT2D eigenvalue weighted by Gasteiger charge is 2.18. The zero-order valence-electron chi connectivity index (χ0n) is 18.6. The van der Waals surface area contributed by atoms with Crippen molar-refractivity contribution in [2.45, 2.75) is 0 Å². The van der Waals surface area contributed by atoms with Crippen LogP contribution in [0.5, 0.6) is 11.5 Å². The van der Waals surface area contributed by atoms with Crippen LogP contribution in [0.1, 0.15) is 11.4 Å². The van der Waals surface area contributed by atoms with Crippen LogP contribution in [-0.2, 0) is 0 Å². The Morgan fingerprint density at radius 2 is 1.11 bits per heavy atom. The van der Waals surface area contributed by atoms with Crippen LogP contribution in [-0.4, -0.2) is 29.2 Å². The maximum absolute atomic E-state index is 6.47. The van der Waals surface area contributed by atoms with Gasteiger partial charge in [0.25, 0.3) is 0 Å². The molecule has 0 radical (unpaired) electrons. The Hall–Kier alpha value is -2.25. The lowest BCUT2D eigenvalue weighted by Gasteiger charge is -2.11. The predicted molar refractivity (Wildman–Crippen MR) is 149 cm³/mol. The van der Waals surface area contributed by atoms with Crippen molar-refractivity contribution in [3.63, 3.8) is 0 Å². The first-order valence-electron chi connectivity index (χ1n) is 10.2. The van der Waals surface area contributed by atoms with E-state index in [1.807, 2.05) is 18.2 Å². The van der Waals surface area contributed by atoms with Gasteiger partial charge >= 0.3 is 0 Å². The van der Waals surface area contributed by atoms with Crippen LogP contribution in [0.25, 0.3) is 34.9 Å². The molecule has 0 aliphatic heterocycles. The van der Waals surface area contributed by atoms with Gasteiger partial charge in [0.15, 0.2) is 29.0 Å². The van der Waals surface area contributed by atoms with Gasteiger partial charge in [-0.15, -0.1) is 0 Å². The number of benzene rings is 3. The molecular formula is C25H15Cl6N3O2. The molecule has 0 amide bonds. The molecule has 0 aliphatic rings. The fourth-order valence-corrected chi connectivity index (χ4v) is 4.47. The number of hydrogen-bond acceptors (Lipinski definition) is 5. The topological polar surface area (TPSA) is 57.1 Å². The first-order valence-corrected chi connectivity index (χ1v) is 12.4. The zero-order valence-corrected chi connectivity index (χ0v) is 23.2. The van der Waals surface area contributed by atoms with E-state index in [0.717, 1.165) is 5.56 Å². The van der Waals surface area contributed by atoms with Crippen molar-refractivity contribution >= 4 is 81.8 Å². The van der Waals surface area contributed by atoms with Gasteiger partial charge in [0.1, 0.15) is 0 Å². The summed E-state index contributed by atoms with van der Waals surface area (Å²) in [6.45, 7) is 0. The second-order valence-electron chi connectivity index (χ2n) is 7.23. The Morgan fingerprint density at radius 1 is 0.583 bits per heavy atom. The van der Waals surface area contributed by atoms with Gasteiger partial charge in [-0.3, -0.25) is 0 Å². The van der Waals surface area contributed by atoms with Crippen molar-refractivity contribution in [2.24, 2.45) is 0 Å². The minimum absolute atomic E-state index is 0.188. The molecule has 0 atom stereocenters. The van der Waals surface area contributed by atoms with Crippen LogP contribution in [0, 0.1) is 0 Å². The molecular weight excluding hydrogens is 587 g/mol. The number of hydrogen-bond donors (Lipinski definition) is 0. The van der Waals surface area contributed by atoms with Gasteiger partial charge in [-0.05, 0) is 48.0 Å². The molecule has 36 heavy (non-hydrogen) atoms. The summed E-state index contributed by atoms with van der Waals surface area (Å²) in [5.41, 5.74) is 1.76. The first-order chi connectivity index (χ1) is 17.2. The average Bonchev–Trinajstić information content (AvgIpc) is 2.89. The molecule has 0 aliphatic carbocycles. The van der Waals surface area contributed by atoms with Crippen LogP contribution in [0.3, 0.4) is 0 Å². The molecule has 4 aromatic rings. The van der Waals surface area contributed by atoms with E-state index in [4.69, 9.17) is 79.1 Å². The van der Waals surface area contributed by atoms with Crippen LogP contribution in [0.2, 0.25) is 30.1 Å². The fourth-order valence-electron chi connectivity index (χ4n) is 3.23. The smallest absolute Gasteiger partial charge is 0.165 e. The van der Waals surface area contributed by atoms with Crippen LogP contribution in [0.4, 0.5) is 0 Å². The lowest BCUT2D eigenvalue weighted by atomic mass is 10.1. The van der Waals surface area contributed by atoms with Gasteiger partial charge in [-0.1, -0.05) is 81.7 Å². The van der Waals surface area contributed by atoms with Gasteiger partial charge in [0.05, 0.1) is 44.4 Å². The summed E-state index contributed by atoms with van der Waals surface area (Å²) >= 11 is 37.7. The van der Waals surface area contributed by atoms with Gasteiger partial charge in [0.2, 0.25) is 0 Å². The van der Waals surface area contributed by atoms with Gasteiger partial charge in [0, 0.05) is 11.1 Å². The van der Waals surface area contributed by atoms with Crippen molar-refractivity contribution in [1.29, 1.82) is 0 Å². The van der Waals surface area contributed by atoms with Crippen molar-refractivity contribution < 1.29 is 9.47 Å². The number of aromatic nitrogens is 3. The third kappa shape index (κ3) is 5.52. The molecule has 1 aromatic heterocycles. The van der Waals surface area contributed by atoms with Crippen molar-refractivity contribution in [3.8, 4) is 34.3 Å². The summed E-state index contributed by atoms with van der Waals surface area (Å²) in [6.07, 6.45) is 3.53. The highest BCUT2D eigenvalue weighted by atomic mass is 35.5. The molecule has 11 heteroatoms. The van der Waals surface area contributed by atoms with Crippen LogP contribution < -0.4 is 9.47 Å². The molecule has 0 saturated carbocycles. The molecule has 184 valence electrons. The third-order valence-corrected chi connectivity index (χ3v) is 7.62. The standard InChI is InChI=1S/C25H15Cl6N3O2/c1-35-17-9-3-12(11-18(17)36-2)4-10-19-32-24(13-5-7-15(26)22(30)20(13)28)34-25(33-19)14-6-8-16(27)23(31)21(14)29/h3-11H,1-2H3. The highest BCUT2D eigenvalue weighted by Crippen LogP contribution is 2.39. The monoisotopic (exact) mass is 599 g/mol. The number of halogens is 6. The molecule has 3 aromatic carbocycles. The first kappa shape index (κ1) is 26.8. The number of rotatable bonds is 6. The minimum atomic E-state index is 0.188. The normalized spacial score (nSPS) is 11.2. The van der Waals surface area contributed by atoms with Crippen molar-refractivity contribution in [1.82, 2.24) is 15.0 Å². The maximum Gasteiger partial charge on any atom is 0.165 e. The molecule has 0 bridgehead atoms. The summed E-state index contributed by atoms with van der Waals surface area (Å²) < 4.78 is 10.7. The Balaban J connectivity index is 1.87. The summed E-state index contributed by atoms with van der Waals surface area (Å²) in [7, 11) is 3.14. The SMILES string of the molecule is COc1ccc(C=Cc2nc(-c3ccc(Cl)c(Cl)c3Cl)nc(-c3ccc(Cl)c(Cl)c3Cl)n2)cc1OC. The average molecular weight is 602 g/mol. The zero-order chi connectivity index (χ0) is 26.0. The molecule has 4 rings (SSSR count). The summed E-state index contributed by atoms with van der Waals surface area (Å²) in [4.78, 5) is 13.7. The van der Waals surface area contributed by atoms with E-state index < -0.39 is 0 Å². The molecule has 0 fully saturated rings. The van der Waals surface area contributed by atoms with E-state index >= 15 is 0 Å². The Kier molecular flexibility index (Phi) is 8.51. The lowest BCUT2D eigenvalue weighted by molar-refractivity contribution is 0.355. The molecule has 1 heterocycles. The number of methoxy groups -OCH3 is 2. The second kappa shape index (κ2) is 11.4. The Bertz CT molecular complexity index is 1420. The summed E-state index contributed by atoms with van der Waals surface area (Å²) in [5.74, 6) is 2.05. The van der Waals surface area contributed by atoms with E-state index in [9.17, 15) is 0 Å². The fraction of sp³-hybridized carbons (Fsp3) is 0.0800. The molecule has 5 nitrogen and oxygen atoms in total. The predicted octanol–water partition coefficient (Wildman–Crippen LogP) is 9.31. The van der Waals surface area contributed by atoms with E-state index in [0.29, 0.717) is 38.5 Å². The second-order valence-corrected chi connectivity index (χ2v) is 9.56. The van der Waals surface area contributed by atoms with E-state index in [1.54, 1.807) is 50.6 Å². The van der Waals surface area contributed by atoms with Crippen molar-refractivity contribution in [2.75, 3.05) is 14.2 Å². The van der Waals surface area contributed by atoms with Crippen LogP contribution in [0.15, 0.2) is 42.5 Å². The quantitative estimate of drug-likeness (QED) is 0.206. The lowest BCUT2D eigenvalue weighted by Crippen LogP contribution is -2.01. The maximum atomic E-state index is 6.47. The highest BCUT2D eigenvalue weighted by molar-refractivity contribution is 6.49. The molecule has 0 spiro atoms. The van der Waals surface area contributed by atoms with Gasteiger partial charge in [-0.25, -0.2) is 15.0 Å². The van der Waals surface area contributed by atoms with Gasteiger partial charge in [-0.2, -0.15) is 0 Å². The van der Waals surface area contributed by atoms with Crippen molar-refractivity contribution in [3.05, 3.63) is 84.0 Å². The summed E-state index contributed by atoms with van der Waals surface area (Å²) in [6, 6.07) is 12.1. The molecule has 0 N–H and O–H groups in total. The summed E-state index contributed by atoms with van der Waals surface area (Å²) in [5, 5.41) is 1.40. The number of ether oxygens (including phenoxy) is 2. The number of nitrogens with zero attached hydrogens (tertiary/aromatic N) is 3. The molecule has 0 saturated heterocycles. The van der Waals surface area contributed by atoms with E-state index in [-0.39, 0.29) is 31.7 Å². The Labute approximate surface area is 237 Å². The van der Waals surface area contributed by atoms with E-state index in [2.05, 4.69) is 15.0 Å². The van der Waals surface area contributed by atoms with E-state index in [1.165, 1.54) is 0 Å². The largest absolute Gasteiger partial charge is 0.493 e. The molecule has 0 unspecified atom stereocenters. The Morgan fingerprint density at radius 3 is 1.61 bits per heavy atom. The van der Waals surface area contributed by atoms with Crippen LogP contribution >= 0.6 is 69.6 Å². The third-order valence-electron chi connectivity index (χ3n) is 5.04. The minimum Gasteiger partial charge on any atom is -0.493 e.